The maximum Gasteiger partial charge on any atom is 0.415 e. The zero-order valence-electron chi connectivity index (χ0n) is 19.9. The van der Waals surface area contributed by atoms with E-state index in [0.717, 1.165) is 44.3 Å². The minimum Gasteiger partial charge on any atom is -0.447 e. The summed E-state index contributed by atoms with van der Waals surface area (Å²) in [5.74, 6) is -0.132. The number of aromatic nitrogens is 1. The van der Waals surface area contributed by atoms with Crippen LogP contribution in [-0.2, 0) is 21.3 Å². The highest BCUT2D eigenvalue weighted by molar-refractivity contribution is 7.89. The number of anilines is 1. The molecule has 1 aromatic carbocycles. The Labute approximate surface area is 210 Å². The van der Waals surface area contributed by atoms with Gasteiger partial charge in [-0.05, 0) is 67.5 Å². The van der Waals surface area contributed by atoms with Crippen LogP contribution in [0.5, 0.6) is 0 Å². The number of piperidine rings is 2. The van der Waals surface area contributed by atoms with E-state index in [-0.39, 0.29) is 15.9 Å². The van der Waals surface area contributed by atoms with Crippen molar-refractivity contribution in [2.45, 2.75) is 37.1 Å². The Bertz CT molecular complexity index is 1290. The summed E-state index contributed by atoms with van der Waals surface area (Å²) in [5, 5.41) is 9.11. The fourth-order valence-corrected chi connectivity index (χ4v) is 6.89. The molecule has 3 aliphatic rings. The van der Waals surface area contributed by atoms with Gasteiger partial charge in [-0.15, -0.1) is 0 Å². The van der Waals surface area contributed by atoms with Crippen molar-refractivity contribution in [2.24, 2.45) is 5.41 Å². The first-order chi connectivity index (χ1) is 17.3. The quantitative estimate of drug-likeness (QED) is 0.605. The minimum absolute atomic E-state index is 0.0422. The van der Waals surface area contributed by atoms with Gasteiger partial charge >= 0.3 is 6.09 Å². The van der Waals surface area contributed by atoms with Gasteiger partial charge < -0.3 is 4.74 Å². The van der Waals surface area contributed by atoms with E-state index >= 15 is 0 Å². The number of nitriles is 1. The first kappa shape index (κ1) is 24.6. The van der Waals surface area contributed by atoms with Crippen molar-refractivity contribution in [3.8, 4) is 6.07 Å². The van der Waals surface area contributed by atoms with E-state index in [9.17, 15) is 17.6 Å². The molecule has 3 saturated heterocycles. The van der Waals surface area contributed by atoms with Crippen molar-refractivity contribution in [3.63, 3.8) is 0 Å². The molecular formula is C25H28FN5O4S. The third-order valence-corrected chi connectivity index (χ3v) is 9.36. The molecule has 3 fully saturated rings. The molecule has 5 rings (SSSR count). The van der Waals surface area contributed by atoms with Gasteiger partial charge in [-0.25, -0.2) is 22.6 Å². The van der Waals surface area contributed by atoms with Crippen LogP contribution < -0.4 is 4.90 Å². The van der Waals surface area contributed by atoms with Crippen molar-refractivity contribution >= 4 is 21.9 Å². The summed E-state index contributed by atoms with van der Waals surface area (Å²) < 4.78 is 46.6. The van der Waals surface area contributed by atoms with Crippen LogP contribution in [0.1, 0.15) is 36.8 Å². The molecule has 0 saturated carbocycles. The molecule has 36 heavy (non-hydrogen) atoms. The smallest absolute Gasteiger partial charge is 0.415 e. The van der Waals surface area contributed by atoms with E-state index in [4.69, 9.17) is 10.00 Å². The van der Waals surface area contributed by atoms with Crippen LogP contribution in [0.15, 0.2) is 41.4 Å². The topological polar surface area (TPSA) is 107 Å². The number of ether oxygens (including phenoxy) is 1. The number of benzene rings is 1. The van der Waals surface area contributed by atoms with Gasteiger partial charge in [0.1, 0.15) is 29.2 Å². The lowest BCUT2D eigenvalue weighted by Gasteiger charge is -2.47. The highest BCUT2D eigenvalue weighted by atomic mass is 32.2. The number of sulfonamides is 1. The summed E-state index contributed by atoms with van der Waals surface area (Å²) in [6, 6.07) is 9.60. The van der Waals surface area contributed by atoms with Gasteiger partial charge in [0, 0.05) is 32.4 Å². The van der Waals surface area contributed by atoms with Crippen LogP contribution in [-0.4, -0.2) is 68.0 Å². The molecule has 4 heterocycles. The summed E-state index contributed by atoms with van der Waals surface area (Å²) >= 11 is 0. The summed E-state index contributed by atoms with van der Waals surface area (Å²) in [5.41, 5.74) is 1.00. The number of likely N-dealkylation sites (tertiary alicyclic amines) is 1. The lowest BCUT2D eigenvalue weighted by molar-refractivity contribution is 0.0393. The Hall–Kier alpha value is -3.07. The Morgan fingerprint density at radius 3 is 2.58 bits per heavy atom. The van der Waals surface area contributed by atoms with Crippen molar-refractivity contribution in [1.82, 2.24) is 14.2 Å². The molecule has 3 aliphatic heterocycles. The molecule has 9 nitrogen and oxygen atoms in total. The number of hydrogen-bond donors (Lipinski definition) is 0. The lowest BCUT2D eigenvalue weighted by atomic mass is 9.73. The Morgan fingerprint density at radius 1 is 1.11 bits per heavy atom. The van der Waals surface area contributed by atoms with Crippen LogP contribution >= 0.6 is 0 Å². The maximum atomic E-state index is 13.7. The molecule has 0 atom stereocenters. The van der Waals surface area contributed by atoms with Crippen molar-refractivity contribution in [3.05, 3.63) is 53.5 Å². The van der Waals surface area contributed by atoms with E-state index in [1.165, 1.54) is 33.6 Å². The molecule has 11 heteroatoms. The van der Waals surface area contributed by atoms with Gasteiger partial charge in [0.25, 0.3) is 0 Å². The average molecular weight is 514 g/mol. The highest BCUT2D eigenvalue weighted by Crippen LogP contribution is 2.41. The van der Waals surface area contributed by atoms with E-state index < -0.39 is 21.9 Å². The second kappa shape index (κ2) is 9.76. The zero-order chi connectivity index (χ0) is 25.3. The van der Waals surface area contributed by atoms with Crippen molar-refractivity contribution in [1.29, 1.82) is 5.26 Å². The molecule has 2 aromatic rings. The molecule has 1 spiro atoms. The fraction of sp³-hybridized carbons (Fsp3) is 0.480. The predicted octanol–water partition coefficient (Wildman–Crippen LogP) is 3.12. The largest absolute Gasteiger partial charge is 0.447 e. The Kier molecular flexibility index (Phi) is 6.68. The summed E-state index contributed by atoms with van der Waals surface area (Å²) in [6.07, 6.45) is 4.42. The zero-order valence-corrected chi connectivity index (χ0v) is 20.7. The van der Waals surface area contributed by atoms with Crippen LogP contribution in [0.25, 0.3) is 0 Å². The number of carbonyl (C=O) groups is 1. The Morgan fingerprint density at radius 2 is 1.92 bits per heavy atom. The molecule has 1 aromatic heterocycles. The van der Waals surface area contributed by atoms with E-state index in [1.54, 1.807) is 12.1 Å². The van der Waals surface area contributed by atoms with Gasteiger partial charge in [0.15, 0.2) is 0 Å². The number of carbonyl (C=O) groups excluding carboxylic acids is 1. The summed E-state index contributed by atoms with van der Waals surface area (Å²) in [7, 11) is -3.69. The third-order valence-electron chi connectivity index (χ3n) is 7.48. The molecular weight excluding hydrogens is 485 g/mol. The van der Waals surface area contributed by atoms with Gasteiger partial charge in [0.05, 0.1) is 12.1 Å². The molecule has 0 radical (unpaired) electrons. The highest BCUT2D eigenvalue weighted by Gasteiger charge is 2.41. The van der Waals surface area contributed by atoms with E-state index in [2.05, 4.69) is 9.88 Å². The van der Waals surface area contributed by atoms with Gasteiger partial charge in [-0.2, -0.15) is 9.57 Å². The van der Waals surface area contributed by atoms with Crippen LogP contribution in [0.4, 0.5) is 15.0 Å². The molecule has 0 bridgehead atoms. The normalized spacial score (nSPS) is 20.9. The molecule has 0 N–H and O–H groups in total. The molecule has 0 unspecified atom stereocenters. The van der Waals surface area contributed by atoms with Crippen LogP contribution in [0.2, 0.25) is 0 Å². The summed E-state index contributed by atoms with van der Waals surface area (Å²) in [4.78, 5) is 19.7. The SMILES string of the molecule is N#Cc1cc(CN2CCCC3(CCN(S(=O)(=O)c4ccc(N5CCOC5=O)nc4)CC3)C2)ccc1F. The molecule has 0 aliphatic carbocycles. The van der Waals surface area contributed by atoms with Crippen LogP contribution in [0, 0.1) is 22.6 Å². The third kappa shape index (κ3) is 4.81. The maximum absolute atomic E-state index is 13.7. The number of amides is 1. The minimum atomic E-state index is -3.69. The van der Waals surface area contributed by atoms with E-state index in [1.807, 2.05) is 6.07 Å². The lowest BCUT2D eigenvalue weighted by Crippen LogP contribution is -2.50. The first-order valence-corrected chi connectivity index (χ1v) is 13.6. The average Bonchev–Trinajstić information content (AvgIpc) is 3.31. The monoisotopic (exact) mass is 513 g/mol. The van der Waals surface area contributed by atoms with E-state index in [0.29, 0.717) is 38.6 Å². The fourth-order valence-electron chi connectivity index (χ4n) is 5.50. The number of pyridine rings is 1. The predicted molar refractivity (Wildman–Crippen MR) is 129 cm³/mol. The first-order valence-electron chi connectivity index (χ1n) is 12.1. The molecule has 190 valence electrons. The second-order valence-electron chi connectivity index (χ2n) is 9.76. The Balaban J connectivity index is 1.22. The summed E-state index contributed by atoms with van der Waals surface area (Å²) in [6.45, 7) is 3.97. The number of halogens is 1. The number of hydrogen-bond acceptors (Lipinski definition) is 7. The number of rotatable bonds is 5. The van der Waals surface area contributed by atoms with Crippen molar-refractivity contribution < 1.29 is 22.3 Å². The van der Waals surface area contributed by atoms with Gasteiger partial charge in [-0.3, -0.25) is 9.80 Å². The number of cyclic esters (lactones) is 1. The van der Waals surface area contributed by atoms with Crippen LogP contribution in [0.3, 0.4) is 0 Å². The number of nitrogens with zero attached hydrogens (tertiary/aromatic N) is 5. The standard InChI is InChI=1S/C25H28FN5O4S/c26-22-4-2-19(14-20(22)15-27)17-29-9-1-6-25(18-29)7-10-30(11-8-25)36(33,34)21-3-5-23(28-16-21)31-12-13-35-24(31)32/h2-5,14,16H,1,6-13,17-18H2. The second-order valence-corrected chi connectivity index (χ2v) is 11.7. The van der Waals surface area contributed by atoms with Gasteiger partial charge in [-0.1, -0.05) is 6.07 Å². The van der Waals surface area contributed by atoms with Crippen molar-refractivity contribution in [2.75, 3.05) is 44.2 Å². The molecule has 1 amide bonds. The van der Waals surface area contributed by atoms with Gasteiger partial charge in [0.2, 0.25) is 10.0 Å².